The molecule has 0 aliphatic heterocycles. The maximum absolute atomic E-state index is 14.3. The number of hydrogen-bond acceptors (Lipinski definition) is 4. The van der Waals surface area contributed by atoms with Gasteiger partial charge >= 0.3 is 0 Å². The standard InChI is InChI=1S/C23H21Cl2FN4O2/c1-4-29(2)19-11-14(15-10-13(21(27)31)8-9-16(15)24)12-28-22(19)30(3)23(32)20-17(25)6-5-7-18(20)26/h5-12H,4H2,1-3H3,(H2,27,31). The predicted octanol–water partition coefficient (Wildman–Crippen LogP) is 5.03. The quantitative estimate of drug-likeness (QED) is 0.543. The van der Waals surface area contributed by atoms with Gasteiger partial charge in [-0.25, -0.2) is 9.37 Å². The van der Waals surface area contributed by atoms with E-state index in [1.54, 1.807) is 24.3 Å². The van der Waals surface area contributed by atoms with E-state index in [0.717, 1.165) is 0 Å². The van der Waals surface area contributed by atoms with Crippen molar-refractivity contribution in [1.82, 2.24) is 4.98 Å². The fraction of sp³-hybridized carbons (Fsp3) is 0.174. The van der Waals surface area contributed by atoms with Gasteiger partial charge in [-0.15, -0.1) is 0 Å². The minimum atomic E-state index is -0.716. The Balaban J connectivity index is 2.12. The van der Waals surface area contributed by atoms with Crippen LogP contribution in [0.15, 0.2) is 48.7 Å². The summed E-state index contributed by atoms with van der Waals surface area (Å²) in [5, 5.41) is 0.427. The van der Waals surface area contributed by atoms with Gasteiger partial charge in [0.05, 0.1) is 16.3 Å². The van der Waals surface area contributed by atoms with Gasteiger partial charge < -0.3 is 10.6 Å². The zero-order valence-electron chi connectivity index (χ0n) is 17.7. The maximum atomic E-state index is 14.3. The minimum Gasteiger partial charge on any atom is -0.372 e. The molecular formula is C23H21Cl2FN4O2. The average Bonchev–Trinajstić information content (AvgIpc) is 2.77. The van der Waals surface area contributed by atoms with Crippen molar-refractivity contribution in [3.8, 4) is 11.1 Å². The van der Waals surface area contributed by atoms with E-state index in [4.69, 9.17) is 28.9 Å². The molecule has 0 saturated carbocycles. The molecule has 2 N–H and O–H groups in total. The average molecular weight is 475 g/mol. The molecular weight excluding hydrogens is 454 g/mol. The van der Waals surface area contributed by atoms with Gasteiger partial charge in [0.15, 0.2) is 5.82 Å². The summed E-state index contributed by atoms with van der Waals surface area (Å²) in [6, 6.07) is 10.6. The highest BCUT2D eigenvalue weighted by molar-refractivity contribution is 6.34. The zero-order valence-corrected chi connectivity index (χ0v) is 19.2. The molecule has 0 unspecified atom stereocenters. The molecule has 0 fully saturated rings. The van der Waals surface area contributed by atoms with Crippen LogP contribution in [0.5, 0.6) is 0 Å². The number of primary amides is 1. The molecule has 2 amide bonds. The first-order valence-electron chi connectivity index (χ1n) is 9.68. The lowest BCUT2D eigenvalue weighted by atomic mass is 10.0. The first kappa shape index (κ1) is 23.5. The van der Waals surface area contributed by atoms with Crippen LogP contribution in [0.1, 0.15) is 27.6 Å². The van der Waals surface area contributed by atoms with Crippen LogP contribution >= 0.6 is 23.2 Å². The van der Waals surface area contributed by atoms with Gasteiger partial charge in [-0.05, 0) is 43.3 Å². The molecule has 0 bridgehead atoms. The van der Waals surface area contributed by atoms with Crippen LogP contribution in [0, 0.1) is 5.82 Å². The first-order valence-corrected chi connectivity index (χ1v) is 10.4. The van der Waals surface area contributed by atoms with Crippen molar-refractivity contribution in [1.29, 1.82) is 0 Å². The number of halogens is 3. The third-order valence-electron chi connectivity index (χ3n) is 5.09. The summed E-state index contributed by atoms with van der Waals surface area (Å²) < 4.78 is 14.3. The summed E-state index contributed by atoms with van der Waals surface area (Å²) in [4.78, 5) is 32.2. The smallest absolute Gasteiger partial charge is 0.263 e. The summed E-state index contributed by atoms with van der Waals surface area (Å²) in [6.45, 7) is 2.54. The summed E-state index contributed by atoms with van der Waals surface area (Å²) in [7, 11) is 3.33. The minimum absolute atomic E-state index is 0.0129. The lowest BCUT2D eigenvalue weighted by molar-refractivity contribution is 0.0984. The Morgan fingerprint density at radius 1 is 1.09 bits per heavy atom. The highest BCUT2D eigenvalue weighted by Crippen LogP contribution is 2.35. The number of hydrogen-bond donors (Lipinski definition) is 1. The van der Waals surface area contributed by atoms with Crippen molar-refractivity contribution in [2.24, 2.45) is 5.73 Å². The topological polar surface area (TPSA) is 79.5 Å². The Morgan fingerprint density at radius 2 is 1.81 bits per heavy atom. The van der Waals surface area contributed by atoms with Crippen molar-refractivity contribution in [3.63, 3.8) is 0 Å². The SMILES string of the molecule is CCN(C)c1cc(-c2cc(C(N)=O)ccc2Cl)cnc1N(C)C(=O)c1c(F)cccc1Cl. The third-order valence-corrected chi connectivity index (χ3v) is 5.74. The second-order valence-electron chi connectivity index (χ2n) is 7.10. The number of carbonyl (C=O) groups excluding carboxylic acids is 2. The second kappa shape index (κ2) is 9.54. The lowest BCUT2D eigenvalue weighted by Gasteiger charge is -2.26. The highest BCUT2D eigenvalue weighted by atomic mass is 35.5. The number of nitrogens with zero attached hydrogens (tertiary/aromatic N) is 3. The van der Waals surface area contributed by atoms with Crippen LogP contribution in [0.25, 0.3) is 11.1 Å². The molecule has 32 heavy (non-hydrogen) atoms. The van der Waals surface area contributed by atoms with E-state index in [9.17, 15) is 14.0 Å². The third kappa shape index (κ3) is 4.54. The molecule has 0 aliphatic rings. The molecule has 0 aliphatic carbocycles. The first-order chi connectivity index (χ1) is 15.1. The van der Waals surface area contributed by atoms with Crippen molar-refractivity contribution >= 4 is 46.5 Å². The maximum Gasteiger partial charge on any atom is 0.263 e. The van der Waals surface area contributed by atoms with E-state index in [0.29, 0.717) is 39.8 Å². The molecule has 3 rings (SSSR count). The number of carbonyl (C=O) groups is 2. The fourth-order valence-corrected chi connectivity index (χ4v) is 3.64. The monoisotopic (exact) mass is 474 g/mol. The van der Waals surface area contributed by atoms with Crippen molar-refractivity contribution in [2.45, 2.75) is 6.92 Å². The van der Waals surface area contributed by atoms with Crippen LogP contribution in [-0.2, 0) is 0 Å². The van der Waals surface area contributed by atoms with Crippen LogP contribution in [0.4, 0.5) is 15.9 Å². The van der Waals surface area contributed by atoms with Crippen molar-refractivity contribution < 1.29 is 14.0 Å². The van der Waals surface area contributed by atoms with Gasteiger partial charge in [0, 0.05) is 48.5 Å². The van der Waals surface area contributed by atoms with Gasteiger partial charge in [0.25, 0.3) is 5.91 Å². The number of nitrogens with two attached hydrogens (primary N) is 1. The molecule has 0 atom stereocenters. The van der Waals surface area contributed by atoms with Crippen LogP contribution in [0.2, 0.25) is 10.0 Å². The van der Waals surface area contributed by atoms with Gasteiger partial charge in [-0.1, -0.05) is 29.3 Å². The van der Waals surface area contributed by atoms with Gasteiger partial charge in [-0.3, -0.25) is 14.5 Å². The number of anilines is 2. The number of rotatable bonds is 6. The van der Waals surface area contributed by atoms with E-state index in [1.807, 2.05) is 18.9 Å². The van der Waals surface area contributed by atoms with Gasteiger partial charge in [0.1, 0.15) is 5.82 Å². The van der Waals surface area contributed by atoms with Crippen LogP contribution < -0.4 is 15.5 Å². The summed E-state index contributed by atoms with van der Waals surface area (Å²) in [6.07, 6.45) is 1.53. The van der Waals surface area contributed by atoms with Crippen LogP contribution in [-0.4, -0.2) is 37.4 Å². The zero-order chi connectivity index (χ0) is 23.6. The van der Waals surface area contributed by atoms with E-state index in [1.165, 1.54) is 36.3 Å². The molecule has 2 aromatic carbocycles. The lowest BCUT2D eigenvalue weighted by Crippen LogP contribution is -2.30. The Morgan fingerprint density at radius 3 is 2.44 bits per heavy atom. The van der Waals surface area contributed by atoms with Gasteiger partial charge in [0.2, 0.25) is 5.91 Å². The number of pyridine rings is 1. The molecule has 0 spiro atoms. The normalized spacial score (nSPS) is 10.7. The molecule has 0 radical (unpaired) electrons. The van der Waals surface area contributed by atoms with E-state index >= 15 is 0 Å². The number of benzene rings is 2. The van der Waals surface area contributed by atoms with Crippen molar-refractivity contribution in [3.05, 3.63) is 75.7 Å². The van der Waals surface area contributed by atoms with Crippen LogP contribution in [0.3, 0.4) is 0 Å². The summed E-state index contributed by atoms with van der Waals surface area (Å²) in [5.41, 5.74) is 7.27. The molecule has 1 aromatic heterocycles. The molecule has 0 saturated heterocycles. The van der Waals surface area contributed by atoms with Gasteiger partial charge in [-0.2, -0.15) is 0 Å². The van der Waals surface area contributed by atoms with E-state index in [-0.39, 0.29) is 10.6 Å². The number of aromatic nitrogens is 1. The molecule has 3 aromatic rings. The summed E-state index contributed by atoms with van der Waals surface area (Å²) in [5.74, 6) is -1.62. The Hall–Kier alpha value is -3.16. The number of amides is 2. The molecule has 9 heteroatoms. The summed E-state index contributed by atoms with van der Waals surface area (Å²) >= 11 is 12.4. The molecule has 166 valence electrons. The van der Waals surface area contributed by atoms with E-state index in [2.05, 4.69) is 4.98 Å². The Bertz CT molecular complexity index is 1180. The fourth-order valence-electron chi connectivity index (χ4n) is 3.17. The highest BCUT2D eigenvalue weighted by Gasteiger charge is 2.25. The second-order valence-corrected chi connectivity index (χ2v) is 7.92. The molecule has 1 heterocycles. The van der Waals surface area contributed by atoms with E-state index < -0.39 is 17.6 Å². The largest absolute Gasteiger partial charge is 0.372 e. The Labute approximate surface area is 195 Å². The predicted molar refractivity (Wildman–Crippen MR) is 126 cm³/mol. The Kier molecular flexibility index (Phi) is 7.01. The van der Waals surface area contributed by atoms with Crippen molar-refractivity contribution in [2.75, 3.05) is 30.4 Å². The molecule has 6 nitrogen and oxygen atoms in total.